The summed E-state index contributed by atoms with van der Waals surface area (Å²) in [6, 6.07) is 9.89. The van der Waals surface area contributed by atoms with Gasteiger partial charge in [-0.25, -0.2) is 8.42 Å². The van der Waals surface area contributed by atoms with Gasteiger partial charge in [0.15, 0.2) is 9.84 Å². The molecule has 15 heteroatoms. The number of fused-ring (bicyclic) bond motifs is 1. The Balaban J connectivity index is 2.00. The van der Waals surface area contributed by atoms with E-state index < -0.39 is 46.5 Å². The summed E-state index contributed by atoms with van der Waals surface area (Å²) in [6.45, 7) is 1.34. The first-order valence-corrected chi connectivity index (χ1v) is 14.7. The lowest BCUT2D eigenvalue weighted by molar-refractivity contribution is -0.116. The van der Waals surface area contributed by atoms with Gasteiger partial charge >= 0.3 is 0 Å². The van der Waals surface area contributed by atoms with Crippen molar-refractivity contribution in [3.05, 3.63) is 54.1 Å². The highest BCUT2D eigenvalue weighted by molar-refractivity contribution is 7.93. The number of ketones is 1. The molecule has 0 heterocycles. The Morgan fingerprint density at radius 2 is 1.50 bits per heavy atom. The summed E-state index contributed by atoms with van der Waals surface area (Å²) in [5.41, 5.74) is 0.0630. The van der Waals surface area contributed by atoms with Crippen LogP contribution in [0.1, 0.15) is 12.5 Å². The number of carbonyl (C=O) groups is 1. The number of phenols is 1. The zero-order valence-corrected chi connectivity index (χ0v) is 21.0. The van der Waals surface area contributed by atoms with Crippen molar-refractivity contribution in [1.29, 1.82) is 0 Å². The number of hydrogen-bond donors (Lipinski definition) is 3. The predicted molar refractivity (Wildman–Crippen MR) is 129 cm³/mol. The Bertz CT molecular complexity index is 1690. The van der Waals surface area contributed by atoms with Gasteiger partial charge in [0.25, 0.3) is 20.2 Å². The van der Waals surface area contributed by atoms with Crippen molar-refractivity contribution in [2.75, 3.05) is 11.5 Å². The normalized spacial score (nSPS) is 12.9. The van der Waals surface area contributed by atoms with Crippen molar-refractivity contribution in [2.45, 2.75) is 23.1 Å². The SMILES string of the molecule is CC(=O)Cc1ccc2cc(S(=O)(=O)O)c(N=Nc3ccc(S(=O)(=O)CCS(=O)(=O)O)cc3)cc2c1O. The first-order chi connectivity index (χ1) is 16.6. The van der Waals surface area contributed by atoms with E-state index in [9.17, 15) is 39.7 Å². The zero-order chi connectivity index (χ0) is 26.9. The maximum absolute atomic E-state index is 12.2. The van der Waals surface area contributed by atoms with Gasteiger partial charge < -0.3 is 5.11 Å². The molecule has 0 aliphatic rings. The van der Waals surface area contributed by atoms with Gasteiger partial charge in [0.2, 0.25) is 0 Å². The molecule has 0 radical (unpaired) electrons. The standard InChI is InChI=1S/C21H20N2O10S3/c1-13(24)10-15-3-2-14-11-20(36(31,32)33)19(12-18(14)21(15)25)23-22-16-4-6-17(7-5-16)34(26,27)8-9-35(28,29)30/h2-7,11-12,25H,8-10H2,1H3,(H,28,29,30)(H,31,32,33). The van der Waals surface area contributed by atoms with E-state index in [4.69, 9.17) is 4.55 Å². The summed E-state index contributed by atoms with van der Waals surface area (Å²) in [6.07, 6.45) is -0.0574. The topological polar surface area (TPSA) is 205 Å². The maximum atomic E-state index is 12.2. The van der Waals surface area contributed by atoms with E-state index in [0.717, 1.165) is 18.2 Å². The van der Waals surface area contributed by atoms with E-state index in [2.05, 4.69) is 10.2 Å². The summed E-state index contributed by atoms with van der Waals surface area (Å²) < 4.78 is 88.3. The van der Waals surface area contributed by atoms with E-state index in [-0.39, 0.29) is 45.0 Å². The van der Waals surface area contributed by atoms with Crippen LogP contribution in [0.2, 0.25) is 0 Å². The number of sulfone groups is 1. The third-order valence-electron chi connectivity index (χ3n) is 4.95. The molecule has 0 aliphatic heterocycles. The number of aromatic hydroxyl groups is 1. The van der Waals surface area contributed by atoms with Crippen LogP contribution in [0.25, 0.3) is 10.8 Å². The number of nitrogens with zero attached hydrogens (tertiary/aromatic N) is 2. The Morgan fingerprint density at radius 3 is 2.06 bits per heavy atom. The fraction of sp³-hybridized carbons (Fsp3) is 0.190. The molecular formula is C21H20N2O10S3. The lowest BCUT2D eigenvalue weighted by Gasteiger charge is -2.10. The molecule has 12 nitrogen and oxygen atoms in total. The van der Waals surface area contributed by atoms with Crippen LogP contribution >= 0.6 is 0 Å². The minimum absolute atomic E-state index is 0.0574. The van der Waals surface area contributed by atoms with Crippen molar-refractivity contribution < 1.29 is 44.3 Å². The Kier molecular flexibility index (Phi) is 7.61. The van der Waals surface area contributed by atoms with E-state index in [1.807, 2.05) is 0 Å². The van der Waals surface area contributed by atoms with Gasteiger partial charge in [0, 0.05) is 17.4 Å². The molecule has 0 bridgehead atoms. The first-order valence-electron chi connectivity index (χ1n) is 10.0. The smallest absolute Gasteiger partial charge is 0.296 e. The second kappa shape index (κ2) is 10.0. The van der Waals surface area contributed by atoms with Crippen molar-refractivity contribution >= 4 is 58.0 Å². The molecule has 0 saturated heterocycles. The van der Waals surface area contributed by atoms with Crippen LogP contribution in [0.5, 0.6) is 5.75 Å². The van der Waals surface area contributed by atoms with Crippen molar-refractivity contribution in [1.82, 2.24) is 0 Å². The van der Waals surface area contributed by atoms with Crippen LogP contribution in [0.4, 0.5) is 11.4 Å². The Morgan fingerprint density at radius 1 is 0.861 bits per heavy atom. The highest BCUT2D eigenvalue weighted by Crippen LogP contribution is 2.37. The van der Waals surface area contributed by atoms with Crippen LogP contribution in [0, 0.1) is 0 Å². The van der Waals surface area contributed by atoms with Gasteiger partial charge in [-0.05, 0) is 48.7 Å². The fourth-order valence-corrected chi connectivity index (χ4v) is 6.38. The predicted octanol–water partition coefficient (Wildman–Crippen LogP) is 3.00. The largest absolute Gasteiger partial charge is 0.507 e. The molecule has 0 amide bonds. The first kappa shape index (κ1) is 27.3. The molecule has 3 rings (SSSR count). The van der Waals surface area contributed by atoms with Gasteiger partial charge in [0.05, 0.1) is 22.1 Å². The molecule has 3 N–H and O–H groups in total. The Labute approximate surface area is 206 Å². The monoisotopic (exact) mass is 556 g/mol. The maximum Gasteiger partial charge on any atom is 0.296 e. The lowest BCUT2D eigenvalue weighted by Crippen LogP contribution is -2.16. The van der Waals surface area contributed by atoms with Gasteiger partial charge in [-0.3, -0.25) is 13.9 Å². The molecule has 36 heavy (non-hydrogen) atoms. The molecule has 192 valence electrons. The number of rotatable bonds is 9. The average Bonchev–Trinajstić information content (AvgIpc) is 2.77. The number of hydrogen-bond acceptors (Lipinski definition) is 10. The molecule has 0 unspecified atom stereocenters. The second-order valence-electron chi connectivity index (χ2n) is 7.77. The summed E-state index contributed by atoms with van der Waals surface area (Å²) in [4.78, 5) is 10.6. The molecule has 3 aromatic rings. The third kappa shape index (κ3) is 6.70. The molecule has 0 atom stereocenters. The fourth-order valence-electron chi connectivity index (χ4n) is 3.23. The van der Waals surface area contributed by atoms with Crippen molar-refractivity contribution in [3.8, 4) is 5.75 Å². The number of azo groups is 1. The quantitative estimate of drug-likeness (QED) is 0.259. The van der Waals surface area contributed by atoms with Crippen molar-refractivity contribution in [2.24, 2.45) is 10.2 Å². The number of phenolic OH excluding ortho intramolecular Hbond substituents is 1. The molecule has 0 fully saturated rings. The summed E-state index contributed by atoms with van der Waals surface area (Å²) >= 11 is 0. The van der Waals surface area contributed by atoms with Crippen LogP contribution in [-0.2, 0) is 41.3 Å². The van der Waals surface area contributed by atoms with Crippen LogP contribution in [0.15, 0.2) is 68.6 Å². The Hall–Kier alpha value is -3.24. The zero-order valence-electron chi connectivity index (χ0n) is 18.6. The van der Waals surface area contributed by atoms with Gasteiger partial charge in [-0.15, -0.1) is 5.11 Å². The minimum Gasteiger partial charge on any atom is -0.507 e. The van der Waals surface area contributed by atoms with Gasteiger partial charge in [-0.1, -0.05) is 12.1 Å². The highest BCUT2D eigenvalue weighted by Gasteiger charge is 2.20. The molecule has 0 aromatic heterocycles. The minimum atomic E-state index is -4.75. The molecule has 0 aliphatic carbocycles. The number of carbonyl (C=O) groups excluding carboxylic acids is 1. The highest BCUT2D eigenvalue weighted by atomic mass is 32.2. The molecule has 3 aromatic carbocycles. The van der Waals surface area contributed by atoms with Gasteiger partial charge in [-0.2, -0.15) is 21.9 Å². The van der Waals surface area contributed by atoms with Gasteiger partial charge in [0.1, 0.15) is 22.1 Å². The van der Waals surface area contributed by atoms with Crippen LogP contribution < -0.4 is 0 Å². The van der Waals surface area contributed by atoms with E-state index >= 15 is 0 Å². The van der Waals surface area contributed by atoms with E-state index in [0.29, 0.717) is 5.56 Å². The van der Waals surface area contributed by atoms with E-state index in [1.165, 1.54) is 37.3 Å². The van der Waals surface area contributed by atoms with Crippen molar-refractivity contribution in [3.63, 3.8) is 0 Å². The van der Waals surface area contributed by atoms with Crippen LogP contribution in [0.3, 0.4) is 0 Å². The van der Waals surface area contributed by atoms with E-state index in [1.54, 1.807) is 0 Å². The number of benzene rings is 3. The second-order valence-corrected chi connectivity index (χ2v) is 12.8. The molecular weight excluding hydrogens is 536 g/mol. The summed E-state index contributed by atoms with van der Waals surface area (Å²) in [7, 11) is -13.2. The number of Topliss-reactive ketones (excluding diaryl/α,β-unsaturated/α-hetero) is 1. The third-order valence-corrected chi connectivity index (χ3v) is 8.54. The lowest BCUT2D eigenvalue weighted by atomic mass is 10.0. The van der Waals surface area contributed by atoms with Crippen LogP contribution in [-0.4, -0.2) is 56.8 Å². The average molecular weight is 557 g/mol. The molecule has 0 saturated carbocycles. The summed E-state index contributed by atoms with van der Waals surface area (Å²) in [5, 5.41) is 18.7. The molecule has 0 spiro atoms. The summed E-state index contributed by atoms with van der Waals surface area (Å²) in [5.74, 6) is -2.28.